The third-order valence-corrected chi connectivity index (χ3v) is 6.66. The van der Waals surface area contributed by atoms with E-state index in [-0.39, 0.29) is 12.8 Å². The smallest absolute Gasteiger partial charge is 0.305 e. The molecule has 0 aromatic carbocycles. The number of rotatable bonds is 26. The third-order valence-electron chi connectivity index (χ3n) is 6.11. The van der Waals surface area contributed by atoms with E-state index in [1.165, 1.54) is 64.2 Å². The normalized spacial score (nSPS) is 11.7. The average molecular weight is 535 g/mol. The average Bonchev–Trinajstić information content (AvgIpc) is 2.82. The first-order valence-corrected chi connectivity index (χ1v) is 15.8. The molecule has 0 amide bonds. The van der Waals surface area contributed by atoms with Gasteiger partial charge >= 0.3 is 11.9 Å². The second-order valence-corrected chi connectivity index (χ2v) is 10.8. The number of hydrogen-bond donors (Lipinski definition) is 0. The lowest BCUT2D eigenvalue weighted by Crippen LogP contribution is -2.31. The molecule has 0 heterocycles. The Kier molecular flexibility index (Phi) is 23.7. The van der Waals surface area contributed by atoms with E-state index < -0.39 is 39.1 Å². The summed E-state index contributed by atoms with van der Waals surface area (Å²) < 4.78 is 25.6. The molecule has 0 aliphatic carbocycles. The van der Waals surface area contributed by atoms with Crippen molar-refractivity contribution in [2.45, 2.75) is 148 Å². The van der Waals surface area contributed by atoms with Crippen molar-refractivity contribution in [3.05, 3.63) is 0 Å². The maximum absolute atomic E-state index is 11.9. The van der Waals surface area contributed by atoms with Gasteiger partial charge in [0.05, 0.1) is 7.82 Å². The van der Waals surface area contributed by atoms with E-state index in [1.54, 1.807) is 0 Å². The molecule has 0 unspecified atom stereocenters. The van der Waals surface area contributed by atoms with E-state index in [0.717, 1.165) is 38.5 Å². The zero-order valence-corrected chi connectivity index (χ0v) is 23.7. The summed E-state index contributed by atoms with van der Waals surface area (Å²) in [7, 11) is -5.31. The highest BCUT2D eigenvalue weighted by Crippen LogP contribution is 2.27. The van der Waals surface area contributed by atoms with Crippen LogP contribution in [0.15, 0.2) is 0 Å². The van der Waals surface area contributed by atoms with Gasteiger partial charge in [0.2, 0.25) is 0 Å². The summed E-state index contributed by atoms with van der Waals surface area (Å²) in [5, 5.41) is 0. The molecule has 0 saturated carbocycles. The molecule has 0 rings (SSSR count). The number of unbranched alkanes of at least 4 members (excludes halogenated alkanes) is 16. The Morgan fingerprint density at radius 1 is 0.583 bits per heavy atom. The van der Waals surface area contributed by atoms with Crippen molar-refractivity contribution < 1.29 is 37.9 Å². The monoisotopic (exact) mass is 534 g/mol. The fourth-order valence-electron chi connectivity index (χ4n) is 3.97. The predicted molar refractivity (Wildman–Crippen MR) is 138 cm³/mol. The highest BCUT2D eigenvalue weighted by molar-refractivity contribution is 7.43. The van der Waals surface area contributed by atoms with Crippen LogP contribution in [0.4, 0.5) is 0 Å². The van der Waals surface area contributed by atoms with Crippen LogP contribution >= 0.6 is 7.82 Å². The zero-order valence-electron chi connectivity index (χ0n) is 22.8. The molecule has 9 heteroatoms. The lowest BCUT2D eigenvalue weighted by Gasteiger charge is -2.32. The van der Waals surface area contributed by atoms with Crippen molar-refractivity contribution >= 4 is 19.8 Å². The first-order chi connectivity index (χ1) is 17.3. The second-order valence-electron chi connectivity index (χ2n) is 9.70. The molecule has 8 nitrogen and oxygen atoms in total. The Balaban J connectivity index is 3.98. The molecule has 0 aliphatic rings. The van der Waals surface area contributed by atoms with Crippen LogP contribution in [-0.4, -0.2) is 31.3 Å². The Hall–Kier alpha value is -0.950. The molecule has 0 aromatic rings. The van der Waals surface area contributed by atoms with Crippen LogP contribution < -0.4 is 9.79 Å². The molecular weight excluding hydrogens is 483 g/mol. The molecule has 36 heavy (non-hydrogen) atoms. The van der Waals surface area contributed by atoms with Gasteiger partial charge in [0.15, 0.2) is 0 Å². The number of esters is 2. The first-order valence-electron chi connectivity index (χ1n) is 14.3. The Morgan fingerprint density at radius 2 is 0.889 bits per heavy atom. The van der Waals surface area contributed by atoms with E-state index in [2.05, 4.69) is 18.4 Å². The highest BCUT2D eigenvalue weighted by atomic mass is 31.2. The Morgan fingerprint density at radius 3 is 1.19 bits per heavy atom. The largest absolute Gasteiger partial charge is 0.790 e. The van der Waals surface area contributed by atoms with Gasteiger partial charge in [0.25, 0.3) is 0 Å². The number of phosphoric acid groups is 1. The van der Waals surface area contributed by atoms with Gasteiger partial charge in [-0.25, -0.2) is 0 Å². The van der Waals surface area contributed by atoms with Crippen LogP contribution in [0.25, 0.3) is 0 Å². The summed E-state index contributed by atoms with van der Waals surface area (Å²) in [6, 6.07) is 0. The minimum atomic E-state index is -5.31. The van der Waals surface area contributed by atoms with Crippen LogP contribution in [0, 0.1) is 0 Å². The number of carbonyl (C=O) groups is 2. The summed E-state index contributed by atoms with van der Waals surface area (Å²) in [4.78, 5) is 45.9. The highest BCUT2D eigenvalue weighted by Gasteiger charge is 2.17. The quantitative estimate of drug-likeness (QED) is 0.0737. The maximum Gasteiger partial charge on any atom is 0.305 e. The standard InChI is InChI=1S/C27H53O8P/c1-3-5-7-9-11-13-15-17-19-21-26(28)33-23-25(35-36(30,31)32)24-34-27(29)22-20-18-16-14-12-10-8-6-4-2/h25H,3-24H2,1-2H3,(H2,30,31,32)/p-2. The molecule has 0 spiro atoms. The van der Waals surface area contributed by atoms with Gasteiger partial charge < -0.3 is 28.3 Å². The molecule has 0 N–H and O–H groups in total. The topological polar surface area (TPSA) is 125 Å². The Labute approximate surface area is 219 Å². The molecule has 0 atom stereocenters. The van der Waals surface area contributed by atoms with Crippen molar-refractivity contribution in [3.63, 3.8) is 0 Å². The number of ether oxygens (including phenoxy) is 2. The molecule has 0 bridgehead atoms. The van der Waals surface area contributed by atoms with Gasteiger partial charge in [0.1, 0.15) is 19.3 Å². The van der Waals surface area contributed by atoms with Crippen LogP contribution in [-0.2, 0) is 28.2 Å². The van der Waals surface area contributed by atoms with E-state index in [0.29, 0.717) is 12.8 Å². The fraction of sp³-hybridized carbons (Fsp3) is 0.926. The predicted octanol–water partition coefficient (Wildman–Crippen LogP) is 6.13. The van der Waals surface area contributed by atoms with Crippen molar-refractivity contribution in [1.82, 2.24) is 0 Å². The van der Waals surface area contributed by atoms with Crippen molar-refractivity contribution in [1.29, 1.82) is 0 Å². The van der Waals surface area contributed by atoms with Gasteiger partial charge in [-0.05, 0) is 12.8 Å². The van der Waals surface area contributed by atoms with Gasteiger partial charge in [-0.15, -0.1) is 0 Å². The van der Waals surface area contributed by atoms with Crippen molar-refractivity contribution in [3.8, 4) is 0 Å². The second kappa shape index (κ2) is 24.4. The summed E-state index contributed by atoms with van der Waals surface area (Å²) in [5.74, 6) is -0.974. The summed E-state index contributed by atoms with van der Waals surface area (Å²) in [5.41, 5.74) is 0. The zero-order chi connectivity index (χ0) is 26.9. The fourth-order valence-corrected chi connectivity index (χ4v) is 4.45. The lowest BCUT2D eigenvalue weighted by atomic mass is 10.1. The van der Waals surface area contributed by atoms with Gasteiger partial charge in [0, 0.05) is 12.8 Å². The lowest BCUT2D eigenvalue weighted by molar-refractivity contribution is -0.346. The number of phosphoric ester groups is 1. The number of hydrogen-bond acceptors (Lipinski definition) is 8. The van der Waals surface area contributed by atoms with E-state index in [4.69, 9.17) is 9.47 Å². The molecule has 214 valence electrons. The van der Waals surface area contributed by atoms with Gasteiger partial charge in [-0.1, -0.05) is 117 Å². The molecule has 0 aliphatic heterocycles. The van der Waals surface area contributed by atoms with Crippen LogP contribution in [0.1, 0.15) is 142 Å². The van der Waals surface area contributed by atoms with Crippen molar-refractivity contribution in [2.24, 2.45) is 0 Å². The minimum Gasteiger partial charge on any atom is -0.790 e. The first kappa shape index (κ1) is 35.0. The summed E-state index contributed by atoms with van der Waals surface area (Å²) in [6.07, 6.45) is 19.3. The SMILES string of the molecule is CCCCCCCCCCCC(=O)OCC(COC(=O)CCCCCCCCCCC)OP(=O)([O-])[O-]. The van der Waals surface area contributed by atoms with Crippen LogP contribution in [0.5, 0.6) is 0 Å². The molecule has 0 radical (unpaired) electrons. The maximum atomic E-state index is 11.9. The third kappa shape index (κ3) is 26.1. The minimum absolute atomic E-state index is 0.216. The van der Waals surface area contributed by atoms with Gasteiger partial charge in [-0.2, -0.15) is 0 Å². The van der Waals surface area contributed by atoms with Crippen LogP contribution in [0.2, 0.25) is 0 Å². The van der Waals surface area contributed by atoms with Gasteiger partial charge in [-0.3, -0.25) is 9.59 Å². The molecule has 0 aromatic heterocycles. The van der Waals surface area contributed by atoms with Crippen LogP contribution in [0.3, 0.4) is 0 Å². The number of carbonyl (C=O) groups excluding carboxylic acids is 2. The molecule has 0 saturated heterocycles. The molecular formula is C27H51O8P-2. The van der Waals surface area contributed by atoms with E-state index in [1.807, 2.05) is 0 Å². The molecule has 0 fully saturated rings. The van der Waals surface area contributed by atoms with E-state index in [9.17, 15) is 23.9 Å². The van der Waals surface area contributed by atoms with E-state index >= 15 is 0 Å². The Bertz CT molecular complexity index is 540. The van der Waals surface area contributed by atoms with Crippen molar-refractivity contribution in [2.75, 3.05) is 13.2 Å². The summed E-state index contributed by atoms with van der Waals surface area (Å²) in [6.45, 7) is 3.49. The summed E-state index contributed by atoms with van der Waals surface area (Å²) >= 11 is 0.